The Kier molecular flexibility index (Phi) is 11.8. The number of aryl methyl sites for hydroxylation is 3. The molecular weight excluding hydrogens is 797 g/mol. The van der Waals surface area contributed by atoms with Gasteiger partial charge in [0.25, 0.3) is 11.8 Å². The zero-order valence-electron chi connectivity index (χ0n) is 35.9. The number of primary amides is 1. The van der Waals surface area contributed by atoms with Crippen LogP contribution in [0.25, 0.3) is 11.3 Å². The molecule has 5 heterocycles. The molecule has 0 aliphatic carbocycles. The lowest BCUT2D eigenvalue weighted by Crippen LogP contribution is -2.49. The molecular formula is C48H54N10O5. The average molecular weight is 851 g/mol. The molecule has 0 unspecified atom stereocenters. The molecule has 4 aliphatic heterocycles. The van der Waals surface area contributed by atoms with Gasteiger partial charge in [-0.25, -0.2) is 9.48 Å². The molecule has 0 spiro atoms. The number of rotatable bonds is 11. The highest BCUT2D eigenvalue weighted by Crippen LogP contribution is 2.36. The van der Waals surface area contributed by atoms with Crippen LogP contribution in [0.2, 0.25) is 0 Å². The minimum Gasteiger partial charge on any atom is -0.496 e. The molecule has 4 aromatic carbocycles. The van der Waals surface area contributed by atoms with Gasteiger partial charge in [-0.1, -0.05) is 35.9 Å². The number of piperidine rings is 1. The van der Waals surface area contributed by atoms with Crippen molar-refractivity contribution in [3.63, 3.8) is 0 Å². The molecule has 3 saturated heterocycles. The first-order valence-electron chi connectivity index (χ1n) is 21.9. The third-order valence-corrected chi connectivity index (χ3v) is 12.9. The molecule has 5 aromatic rings. The maximum absolute atomic E-state index is 13.0. The number of fused-ring (bicyclic) bond motifs is 2. The Labute approximate surface area is 367 Å². The second-order valence-electron chi connectivity index (χ2n) is 16.9. The monoisotopic (exact) mass is 850 g/mol. The van der Waals surface area contributed by atoms with Crippen molar-refractivity contribution in [2.75, 3.05) is 79.5 Å². The van der Waals surface area contributed by atoms with E-state index in [2.05, 4.69) is 61.0 Å². The highest BCUT2D eigenvalue weighted by Gasteiger charge is 2.29. The maximum Gasteiger partial charge on any atom is 0.328 e. The van der Waals surface area contributed by atoms with E-state index in [-0.39, 0.29) is 17.8 Å². The molecule has 0 radical (unpaired) electrons. The van der Waals surface area contributed by atoms with Gasteiger partial charge in [-0.05, 0) is 97.8 Å². The maximum atomic E-state index is 13.0. The fraction of sp³-hybridized carbons (Fsp3) is 0.354. The summed E-state index contributed by atoms with van der Waals surface area (Å²) in [7, 11) is 1.55. The van der Waals surface area contributed by atoms with E-state index < -0.39 is 5.91 Å². The second kappa shape index (κ2) is 17.8. The Bertz CT molecular complexity index is 2520. The van der Waals surface area contributed by atoms with Gasteiger partial charge in [0.15, 0.2) is 0 Å². The lowest BCUT2D eigenvalue weighted by molar-refractivity contribution is -0.120. The lowest BCUT2D eigenvalue weighted by atomic mass is 9.95. The number of hydrogen-bond acceptors (Lipinski definition) is 10. The van der Waals surface area contributed by atoms with Crippen LogP contribution in [0.4, 0.5) is 33.4 Å². The van der Waals surface area contributed by atoms with E-state index in [4.69, 9.17) is 15.6 Å². The summed E-state index contributed by atoms with van der Waals surface area (Å²) in [5.41, 5.74) is 15.3. The number of aromatic nitrogens is 2. The number of hydrogen-bond donors (Lipinski definition) is 4. The molecule has 4 aliphatic rings. The minimum atomic E-state index is -0.553. The van der Waals surface area contributed by atoms with Crippen molar-refractivity contribution in [2.45, 2.75) is 45.7 Å². The van der Waals surface area contributed by atoms with Gasteiger partial charge in [-0.15, -0.1) is 0 Å². The Morgan fingerprint density at radius 2 is 1.51 bits per heavy atom. The first-order valence-corrected chi connectivity index (χ1v) is 21.9. The van der Waals surface area contributed by atoms with Crippen molar-refractivity contribution in [2.24, 2.45) is 11.7 Å². The van der Waals surface area contributed by atoms with Crippen LogP contribution >= 0.6 is 0 Å². The number of urea groups is 1. The molecule has 5 N–H and O–H groups in total. The van der Waals surface area contributed by atoms with Crippen LogP contribution in [0.5, 0.6) is 5.75 Å². The van der Waals surface area contributed by atoms with Gasteiger partial charge in [0.05, 0.1) is 12.7 Å². The number of imide groups is 1. The Hall–Kier alpha value is -6.87. The number of methoxy groups -OCH3 is 1. The molecule has 1 aromatic heterocycles. The van der Waals surface area contributed by atoms with Crippen molar-refractivity contribution in [1.29, 1.82) is 0 Å². The Morgan fingerprint density at radius 1 is 0.794 bits per heavy atom. The molecule has 63 heavy (non-hydrogen) atoms. The predicted octanol–water partition coefficient (Wildman–Crippen LogP) is 5.68. The highest BCUT2D eigenvalue weighted by molar-refractivity contribution is 6.06. The van der Waals surface area contributed by atoms with Crippen molar-refractivity contribution >= 4 is 52.3 Å². The minimum absolute atomic E-state index is 0.218. The van der Waals surface area contributed by atoms with E-state index in [0.29, 0.717) is 60.4 Å². The summed E-state index contributed by atoms with van der Waals surface area (Å²) < 4.78 is 7.23. The standard InChI is InChI=1S/C48H54N10O5/c1-31-3-14-41(63-2)39(27-31)47(61)50-29-32-4-6-34(7-5-32)44-43(45(49)60)46-51-40-13-12-38(28-35(40)17-22-58(46)53-44)56-25-23-54(24-26-56)30-33-15-19-55(20-16-33)36-8-10-37(11-9-36)57-21-18-42(59)52-48(57)62/h3-14,27-28,33,51H,15-26,29-30H2,1-2H3,(H2,49,60)(H,50,61)(H,52,59,62). The van der Waals surface area contributed by atoms with Gasteiger partial charge >= 0.3 is 6.03 Å². The first kappa shape index (κ1) is 41.5. The van der Waals surface area contributed by atoms with Gasteiger partial charge in [-0.2, -0.15) is 5.10 Å². The summed E-state index contributed by atoms with van der Waals surface area (Å²) in [4.78, 5) is 58.9. The Morgan fingerprint density at radius 3 is 2.22 bits per heavy atom. The predicted molar refractivity (Wildman–Crippen MR) is 244 cm³/mol. The summed E-state index contributed by atoms with van der Waals surface area (Å²) >= 11 is 0. The summed E-state index contributed by atoms with van der Waals surface area (Å²) in [5, 5.41) is 13.8. The quantitative estimate of drug-likeness (QED) is 0.130. The van der Waals surface area contributed by atoms with E-state index in [1.54, 1.807) is 18.1 Å². The van der Waals surface area contributed by atoms with Crippen LogP contribution in [-0.4, -0.2) is 97.9 Å². The SMILES string of the molecule is COc1ccc(C)cc1C(=O)NCc1ccc(-c2nn3c(c2C(N)=O)Nc2ccc(N4CCN(CC5CCN(c6ccc(N7CCC(=O)NC7=O)cc6)CC5)CC4)cc2CC3)cc1. The van der Waals surface area contributed by atoms with Gasteiger partial charge in [-0.3, -0.25) is 29.5 Å². The third-order valence-electron chi connectivity index (χ3n) is 12.9. The van der Waals surface area contributed by atoms with Crippen molar-refractivity contribution in [3.05, 3.63) is 113 Å². The van der Waals surface area contributed by atoms with Gasteiger partial charge in [0, 0.05) is 100 Å². The fourth-order valence-corrected chi connectivity index (χ4v) is 9.28. The molecule has 0 bridgehead atoms. The zero-order valence-corrected chi connectivity index (χ0v) is 35.9. The molecule has 5 amide bonds. The third kappa shape index (κ3) is 8.91. The topological polar surface area (TPSA) is 170 Å². The normalized spacial score (nSPS) is 17.0. The molecule has 15 nitrogen and oxygen atoms in total. The number of piperazine rings is 1. The fourth-order valence-electron chi connectivity index (χ4n) is 9.28. The van der Waals surface area contributed by atoms with Crippen LogP contribution in [0.3, 0.4) is 0 Å². The van der Waals surface area contributed by atoms with Crippen LogP contribution in [-0.2, 0) is 24.3 Å². The molecule has 326 valence electrons. The van der Waals surface area contributed by atoms with Gasteiger partial charge < -0.3 is 30.9 Å². The van der Waals surface area contributed by atoms with Gasteiger partial charge in [0.2, 0.25) is 5.91 Å². The number of ether oxygens (including phenoxy) is 1. The van der Waals surface area contributed by atoms with E-state index in [1.165, 1.54) is 16.9 Å². The van der Waals surface area contributed by atoms with Gasteiger partial charge in [0.1, 0.15) is 22.8 Å². The van der Waals surface area contributed by atoms with E-state index in [0.717, 1.165) is 93.1 Å². The summed E-state index contributed by atoms with van der Waals surface area (Å²) in [6.45, 7) is 10.3. The molecule has 0 saturated carbocycles. The van der Waals surface area contributed by atoms with E-state index in [1.807, 2.05) is 60.1 Å². The summed E-state index contributed by atoms with van der Waals surface area (Å²) in [6.07, 6.45) is 3.35. The average Bonchev–Trinajstić information content (AvgIpc) is 3.57. The first-order chi connectivity index (χ1) is 30.6. The zero-order chi connectivity index (χ0) is 43.6. The molecule has 0 atom stereocenters. The number of anilines is 5. The second-order valence-corrected chi connectivity index (χ2v) is 16.9. The molecule has 15 heteroatoms. The largest absolute Gasteiger partial charge is 0.496 e. The number of nitrogens with two attached hydrogens (primary N) is 1. The van der Waals surface area contributed by atoms with Crippen molar-refractivity contribution < 1.29 is 23.9 Å². The van der Waals surface area contributed by atoms with Crippen LogP contribution in [0.15, 0.2) is 84.9 Å². The number of carbonyl (C=O) groups excluding carboxylic acids is 4. The smallest absolute Gasteiger partial charge is 0.328 e. The Balaban J connectivity index is 0.772. The van der Waals surface area contributed by atoms with Crippen molar-refractivity contribution in [1.82, 2.24) is 25.3 Å². The van der Waals surface area contributed by atoms with Crippen LogP contribution < -0.4 is 41.1 Å². The van der Waals surface area contributed by atoms with Crippen LogP contribution in [0.1, 0.15) is 56.7 Å². The highest BCUT2D eigenvalue weighted by atomic mass is 16.5. The number of benzene rings is 4. The number of nitrogens with zero attached hydrogens (tertiary/aromatic N) is 6. The van der Waals surface area contributed by atoms with Crippen molar-refractivity contribution in [3.8, 4) is 17.0 Å². The molecule has 3 fully saturated rings. The van der Waals surface area contributed by atoms with Crippen LogP contribution in [0, 0.1) is 12.8 Å². The lowest BCUT2D eigenvalue weighted by Gasteiger charge is -2.40. The summed E-state index contributed by atoms with van der Waals surface area (Å²) in [6, 6.07) is 27.4. The van der Waals surface area contributed by atoms with E-state index >= 15 is 0 Å². The summed E-state index contributed by atoms with van der Waals surface area (Å²) in [5.74, 6) is 0.775. The number of amides is 5. The van der Waals surface area contributed by atoms with E-state index in [9.17, 15) is 19.2 Å². The number of nitrogens with one attached hydrogen (secondary N) is 3. The number of carbonyl (C=O) groups is 4. The molecule has 9 rings (SSSR count).